The summed E-state index contributed by atoms with van der Waals surface area (Å²) in [7, 11) is 0. The van der Waals surface area contributed by atoms with Gasteiger partial charge in [-0.15, -0.1) is 0 Å². The maximum atomic E-state index is 12.6. The third-order valence-electron chi connectivity index (χ3n) is 2.87. The van der Waals surface area contributed by atoms with Gasteiger partial charge in [0.05, 0.1) is 5.92 Å². The van der Waals surface area contributed by atoms with Gasteiger partial charge in [0.25, 0.3) is 6.43 Å². The molecule has 98 valence electrons. The predicted molar refractivity (Wildman–Crippen MR) is 64.7 cm³/mol. The van der Waals surface area contributed by atoms with Crippen molar-refractivity contribution in [2.45, 2.75) is 16.7 Å². The molecule has 2 rings (SSSR count). The second-order valence-electron chi connectivity index (χ2n) is 4.09. The number of rotatable bonds is 3. The van der Waals surface area contributed by atoms with Gasteiger partial charge in [0.2, 0.25) is 0 Å². The van der Waals surface area contributed by atoms with Gasteiger partial charge in [0.15, 0.2) is 0 Å². The lowest BCUT2D eigenvalue weighted by Gasteiger charge is -2.06. The summed E-state index contributed by atoms with van der Waals surface area (Å²) in [5, 5.41) is 9.02. The molecule has 7 heteroatoms. The van der Waals surface area contributed by atoms with Crippen LogP contribution in [0.4, 0.5) is 8.78 Å². The molecule has 2 nitrogen and oxygen atoms in total. The van der Waals surface area contributed by atoms with Crippen LogP contribution in [0.15, 0.2) is 18.2 Å². The summed E-state index contributed by atoms with van der Waals surface area (Å²) in [5.41, 5.74) is 0.0351. The zero-order valence-electron chi connectivity index (χ0n) is 8.71. The van der Waals surface area contributed by atoms with Gasteiger partial charge in [-0.2, -0.15) is 0 Å². The van der Waals surface area contributed by atoms with Crippen LogP contribution >= 0.6 is 34.8 Å². The van der Waals surface area contributed by atoms with E-state index in [4.69, 9.17) is 39.9 Å². The van der Waals surface area contributed by atoms with Crippen LogP contribution in [0.2, 0.25) is 5.02 Å². The maximum Gasteiger partial charge on any atom is 0.310 e. The Labute approximate surface area is 116 Å². The molecule has 1 aromatic rings. The molecule has 1 aromatic carbocycles. The van der Waals surface area contributed by atoms with Crippen molar-refractivity contribution in [2.24, 2.45) is 5.92 Å². The summed E-state index contributed by atoms with van der Waals surface area (Å²) in [6.07, 6.45) is -2.69. The molecule has 0 unspecified atom stereocenters. The van der Waals surface area contributed by atoms with E-state index in [1.165, 1.54) is 12.1 Å². The van der Waals surface area contributed by atoms with Crippen molar-refractivity contribution in [3.05, 3.63) is 34.3 Å². The zero-order valence-corrected chi connectivity index (χ0v) is 11.0. The van der Waals surface area contributed by atoms with Crippen LogP contribution in [0.5, 0.6) is 0 Å². The lowest BCUT2D eigenvalue weighted by atomic mass is 10.1. The molecule has 0 radical (unpaired) electrons. The highest BCUT2D eigenvalue weighted by Crippen LogP contribution is 2.65. The summed E-state index contributed by atoms with van der Waals surface area (Å²) in [6.45, 7) is 0. The Morgan fingerprint density at radius 1 is 1.33 bits per heavy atom. The Hall–Kier alpha value is -0.580. The predicted octanol–water partition coefficient (Wildman–Crippen LogP) is 4.25. The largest absolute Gasteiger partial charge is 0.481 e. The number of carboxylic acids is 1. The number of carboxylic acid groups (broad SMARTS) is 1. The first-order chi connectivity index (χ1) is 8.25. The summed E-state index contributed by atoms with van der Waals surface area (Å²) in [4.78, 5) is 10.9. The average molecular weight is 316 g/mol. The van der Waals surface area contributed by atoms with Crippen molar-refractivity contribution in [3.63, 3.8) is 0 Å². The van der Waals surface area contributed by atoms with Crippen molar-refractivity contribution in [1.29, 1.82) is 0 Å². The Morgan fingerprint density at radius 2 is 1.94 bits per heavy atom. The van der Waals surface area contributed by atoms with E-state index in [-0.39, 0.29) is 10.6 Å². The summed E-state index contributed by atoms with van der Waals surface area (Å²) >= 11 is 17.4. The number of hydrogen-bond acceptors (Lipinski definition) is 1. The van der Waals surface area contributed by atoms with Gasteiger partial charge in [0, 0.05) is 16.5 Å². The Bertz CT molecular complexity index is 505. The van der Waals surface area contributed by atoms with Gasteiger partial charge in [-0.05, 0) is 23.8 Å². The topological polar surface area (TPSA) is 37.3 Å². The van der Waals surface area contributed by atoms with Gasteiger partial charge in [-0.3, -0.25) is 4.79 Å². The lowest BCUT2D eigenvalue weighted by molar-refractivity contribution is -0.138. The summed E-state index contributed by atoms with van der Waals surface area (Å²) in [6, 6.07) is 3.71. The standard InChI is InChI=1S/C11H7Cl3F2O2/c12-6-2-4(1-5(3-6)9(15)16)7-8(10(17)18)11(7,13)14/h1-3,7-9H,(H,17,18)/t7-,8+/m1/s1. The number of alkyl halides is 4. The molecular formula is C11H7Cl3F2O2. The molecule has 0 heterocycles. The Morgan fingerprint density at radius 3 is 2.39 bits per heavy atom. The van der Waals surface area contributed by atoms with Crippen LogP contribution in [-0.4, -0.2) is 15.4 Å². The third kappa shape index (κ3) is 2.29. The molecule has 2 atom stereocenters. The summed E-state index contributed by atoms with van der Waals surface area (Å²) in [5.74, 6) is -2.90. The second kappa shape index (κ2) is 4.51. The van der Waals surface area contributed by atoms with Gasteiger partial charge in [-0.1, -0.05) is 34.8 Å². The van der Waals surface area contributed by atoms with Gasteiger partial charge >= 0.3 is 5.97 Å². The first kappa shape index (κ1) is 13.8. The average Bonchev–Trinajstić information content (AvgIpc) is 2.80. The van der Waals surface area contributed by atoms with E-state index in [0.717, 1.165) is 6.07 Å². The van der Waals surface area contributed by atoms with Crippen LogP contribution in [0.1, 0.15) is 23.5 Å². The molecule has 1 aliphatic carbocycles. The van der Waals surface area contributed by atoms with Crippen LogP contribution in [0, 0.1) is 5.92 Å². The van der Waals surface area contributed by atoms with E-state index >= 15 is 0 Å². The minimum atomic E-state index is -2.69. The van der Waals surface area contributed by atoms with E-state index < -0.39 is 28.6 Å². The van der Waals surface area contributed by atoms with Crippen molar-refractivity contribution >= 4 is 40.8 Å². The van der Waals surface area contributed by atoms with Crippen molar-refractivity contribution in [1.82, 2.24) is 0 Å². The van der Waals surface area contributed by atoms with Crippen LogP contribution in [0.3, 0.4) is 0 Å². The summed E-state index contributed by atoms with van der Waals surface area (Å²) < 4.78 is 23.8. The monoisotopic (exact) mass is 314 g/mol. The highest BCUT2D eigenvalue weighted by atomic mass is 35.5. The molecule has 0 saturated heterocycles. The molecule has 0 amide bonds. The van der Waals surface area contributed by atoms with E-state index in [0.29, 0.717) is 5.56 Å². The highest BCUT2D eigenvalue weighted by Gasteiger charge is 2.68. The molecule has 1 N–H and O–H groups in total. The number of hydrogen-bond donors (Lipinski definition) is 1. The number of carbonyl (C=O) groups is 1. The molecule has 0 spiro atoms. The van der Waals surface area contributed by atoms with Crippen molar-refractivity contribution in [2.75, 3.05) is 0 Å². The maximum absolute atomic E-state index is 12.6. The van der Waals surface area contributed by atoms with E-state index in [1.807, 2.05) is 0 Å². The molecule has 1 saturated carbocycles. The van der Waals surface area contributed by atoms with Gasteiger partial charge in [0.1, 0.15) is 4.33 Å². The van der Waals surface area contributed by atoms with E-state index in [2.05, 4.69) is 0 Å². The Balaban J connectivity index is 2.39. The van der Waals surface area contributed by atoms with Crippen LogP contribution < -0.4 is 0 Å². The fraction of sp³-hybridized carbons (Fsp3) is 0.364. The molecule has 1 aliphatic rings. The lowest BCUT2D eigenvalue weighted by Crippen LogP contribution is -2.03. The van der Waals surface area contributed by atoms with Gasteiger partial charge in [-0.25, -0.2) is 8.78 Å². The zero-order chi connectivity index (χ0) is 13.7. The second-order valence-corrected chi connectivity index (χ2v) is 5.97. The molecule has 0 aliphatic heterocycles. The quantitative estimate of drug-likeness (QED) is 0.847. The van der Waals surface area contributed by atoms with E-state index in [1.54, 1.807) is 0 Å². The van der Waals surface area contributed by atoms with Crippen molar-refractivity contribution in [3.8, 4) is 0 Å². The fourth-order valence-electron chi connectivity index (χ4n) is 1.99. The first-order valence-corrected chi connectivity index (χ1v) is 6.07. The normalized spacial score (nSPS) is 25.2. The van der Waals surface area contributed by atoms with Crippen LogP contribution in [-0.2, 0) is 4.79 Å². The minimum absolute atomic E-state index is 0.1000. The Kier molecular flexibility index (Phi) is 3.47. The third-order valence-corrected chi connectivity index (χ3v) is 4.03. The van der Waals surface area contributed by atoms with Gasteiger partial charge < -0.3 is 5.11 Å². The minimum Gasteiger partial charge on any atom is -0.481 e. The molecular weight excluding hydrogens is 308 g/mol. The molecule has 0 bridgehead atoms. The SMILES string of the molecule is O=C(O)[C@@H]1[C@@H](c2cc(Cl)cc(C(F)F)c2)C1(Cl)Cl. The smallest absolute Gasteiger partial charge is 0.310 e. The molecule has 18 heavy (non-hydrogen) atoms. The molecule has 1 fully saturated rings. The molecule has 0 aromatic heterocycles. The fourth-order valence-corrected chi connectivity index (χ4v) is 3.06. The number of aliphatic carboxylic acids is 1. The van der Waals surface area contributed by atoms with Crippen LogP contribution in [0.25, 0.3) is 0 Å². The highest BCUT2D eigenvalue weighted by molar-refractivity contribution is 6.53. The van der Waals surface area contributed by atoms with E-state index in [9.17, 15) is 13.6 Å². The number of benzene rings is 1. The number of halogens is 5. The van der Waals surface area contributed by atoms with Crippen molar-refractivity contribution < 1.29 is 18.7 Å². The first-order valence-electron chi connectivity index (χ1n) is 4.94.